The van der Waals surface area contributed by atoms with Gasteiger partial charge in [0.2, 0.25) is 5.78 Å². The van der Waals surface area contributed by atoms with Crippen molar-refractivity contribution >= 4 is 17.7 Å². The van der Waals surface area contributed by atoms with E-state index >= 15 is 0 Å². The number of carbonyl (C=O) groups is 3. The molecule has 1 amide bonds. The van der Waals surface area contributed by atoms with E-state index < -0.39 is 30.8 Å². The molecule has 8 heteroatoms. The standard InChI is InChI=1S/C22H21FN2O5/c1-13-6-7-16(10-18(13)23)25-14(2)9-17(15(25)3)19(26)12-30-21(27)11-24-22(28)20-5-4-8-29-20/h4-10H,11-12H2,1-3H3,(H,24,28). The number of ketones is 1. The minimum absolute atomic E-state index is 0.0684. The van der Waals surface area contributed by atoms with Crippen LogP contribution in [0.2, 0.25) is 0 Å². The quantitative estimate of drug-likeness (QED) is 0.475. The number of amides is 1. The summed E-state index contributed by atoms with van der Waals surface area (Å²) in [7, 11) is 0. The zero-order valence-electron chi connectivity index (χ0n) is 16.8. The van der Waals surface area contributed by atoms with Crippen LogP contribution in [-0.4, -0.2) is 35.4 Å². The Bertz CT molecular complexity index is 1100. The molecule has 0 atom stereocenters. The second-order valence-electron chi connectivity index (χ2n) is 6.80. The number of esters is 1. The average molecular weight is 412 g/mol. The number of aromatic nitrogens is 1. The topological polar surface area (TPSA) is 90.5 Å². The van der Waals surface area contributed by atoms with E-state index in [2.05, 4.69) is 5.32 Å². The minimum atomic E-state index is -0.752. The average Bonchev–Trinajstić information content (AvgIpc) is 3.35. The van der Waals surface area contributed by atoms with Gasteiger partial charge in [-0.15, -0.1) is 0 Å². The largest absolute Gasteiger partial charge is 0.459 e. The predicted molar refractivity (Wildman–Crippen MR) is 106 cm³/mol. The molecule has 0 saturated carbocycles. The molecule has 0 spiro atoms. The highest BCUT2D eigenvalue weighted by Crippen LogP contribution is 2.23. The minimum Gasteiger partial charge on any atom is -0.459 e. The fraction of sp³-hybridized carbons (Fsp3) is 0.227. The predicted octanol–water partition coefficient (Wildman–Crippen LogP) is 3.29. The molecule has 1 aromatic carbocycles. The van der Waals surface area contributed by atoms with Crippen molar-refractivity contribution in [2.75, 3.05) is 13.2 Å². The molecule has 156 valence electrons. The summed E-state index contributed by atoms with van der Waals surface area (Å²) in [5, 5.41) is 2.35. The number of nitrogens with one attached hydrogen (secondary N) is 1. The molecule has 3 rings (SSSR count). The van der Waals surface area contributed by atoms with E-state index in [1.54, 1.807) is 49.6 Å². The number of ether oxygens (including phenoxy) is 1. The van der Waals surface area contributed by atoms with Gasteiger partial charge in [0, 0.05) is 22.6 Å². The molecule has 2 aromatic heterocycles. The van der Waals surface area contributed by atoms with Crippen LogP contribution in [0.4, 0.5) is 4.39 Å². The van der Waals surface area contributed by atoms with Crippen LogP contribution in [0, 0.1) is 26.6 Å². The van der Waals surface area contributed by atoms with Crippen molar-refractivity contribution in [2.24, 2.45) is 0 Å². The highest BCUT2D eigenvalue weighted by atomic mass is 19.1. The SMILES string of the molecule is Cc1ccc(-n2c(C)cc(C(=O)COC(=O)CNC(=O)c3ccco3)c2C)cc1F. The maximum absolute atomic E-state index is 13.9. The van der Waals surface area contributed by atoms with Crippen molar-refractivity contribution in [3.05, 3.63) is 76.8 Å². The number of benzene rings is 1. The molecule has 0 fully saturated rings. The van der Waals surface area contributed by atoms with Crippen LogP contribution in [0.15, 0.2) is 47.1 Å². The first-order chi connectivity index (χ1) is 14.3. The van der Waals surface area contributed by atoms with E-state index in [0.29, 0.717) is 22.5 Å². The van der Waals surface area contributed by atoms with Crippen molar-refractivity contribution in [2.45, 2.75) is 20.8 Å². The number of hydrogen-bond acceptors (Lipinski definition) is 5. The van der Waals surface area contributed by atoms with Crippen molar-refractivity contribution in [1.29, 1.82) is 0 Å². The normalized spacial score (nSPS) is 10.7. The van der Waals surface area contributed by atoms with Crippen LogP contribution in [0.1, 0.15) is 37.9 Å². The van der Waals surface area contributed by atoms with E-state index in [1.807, 2.05) is 0 Å². The number of halogens is 1. The Labute approximate surface area is 172 Å². The van der Waals surface area contributed by atoms with Gasteiger partial charge in [0.05, 0.1) is 6.26 Å². The zero-order valence-corrected chi connectivity index (χ0v) is 16.8. The zero-order chi connectivity index (χ0) is 21.8. The Hall–Kier alpha value is -3.68. The molecule has 3 aromatic rings. The third-order valence-corrected chi connectivity index (χ3v) is 4.65. The summed E-state index contributed by atoms with van der Waals surface area (Å²) < 4.78 is 25.6. The molecule has 2 heterocycles. The highest BCUT2D eigenvalue weighted by Gasteiger charge is 2.19. The first-order valence-electron chi connectivity index (χ1n) is 9.24. The molecule has 0 radical (unpaired) electrons. The molecule has 1 N–H and O–H groups in total. The van der Waals surface area contributed by atoms with Gasteiger partial charge in [-0.1, -0.05) is 6.07 Å². The summed E-state index contributed by atoms with van der Waals surface area (Å²) in [6, 6.07) is 9.53. The molecule has 0 bridgehead atoms. The molecule has 7 nitrogen and oxygen atoms in total. The third kappa shape index (κ3) is 4.48. The van der Waals surface area contributed by atoms with Crippen LogP contribution < -0.4 is 5.32 Å². The molecular formula is C22H21FN2O5. The monoisotopic (exact) mass is 412 g/mol. The first-order valence-corrected chi connectivity index (χ1v) is 9.24. The summed E-state index contributed by atoms with van der Waals surface area (Å²) in [5.41, 5.74) is 2.87. The third-order valence-electron chi connectivity index (χ3n) is 4.65. The van der Waals surface area contributed by atoms with Gasteiger partial charge in [-0.2, -0.15) is 0 Å². The van der Waals surface area contributed by atoms with E-state index in [9.17, 15) is 18.8 Å². The lowest BCUT2D eigenvalue weighted by molar-refractivity contribution is -0.141. The van der Waals surface area contributed by atoms with Gasteiger partial charge in [-0.05, 0) is 56.7 Å². The van der Waals surface area contributed by atoms with Crippen molar-refractivity contribution in [3.8, 4) is 5.69 Å². The molecule has 0 aliphatic heterocycles. The molecular weight excluding hydrogens is 391 g/mol. The Morgan fingerprint density at radius 2 is 1.90 bits per heavy atom. The Morgan fingerprint density at radius 3 is 2.57 bits per heavy atom. The highest BCUT2D eigenvalue weighted by molar-refractivity contribution is 5.99. The van der Waals surface area contributed by atoms with Crippen LogP contribution in [0.5, 0.6) is 0 Å². The van der Waals surface area contributed by atoms with Gasteiger partial charge in [0.15, 0.2) is 12.4 Å². The lowest BCUT2D eigenvalue weighted by Crippen LogP contribution is -2.31. The summed E-state index contributed by atoms with van der Waals surface area (Å²) >= 11 is 0. The summed E-state index contributed by atoms with van der Waals surface area (Å²) in [5.74, 6) is -1.97. The molecule has 0 saturated heterocycles. The summed E-state index contributed by atoms with van der Waals surface area (Å²) in [6.07, 6.45) is 1.34. The van der Waals surface area contributed by atoms with Crippen LogP contribution in [0.3, 0.4) is 0 Å². The Kier molecular flexibility index (Phi) is 6.15. The van der Waals surface area contributed by atoms with Gasteiger partial charge in [-0.3, -0.25) is 14.4 Å². The van der Waals surface area contributed by atoms with Gasteiger partial charge < -0.3 is 19.0 Å². The van der Waals surface area contributed by atoms with E-state index in [-0.39, 0.29) is 11.6 Å². The number of aryl methyl sites for hydroxylation is 2. The van der Waals surface area contributed by atoms with Gasteiger partial charge in [0.1, 0.15) is 12.4 Å². The van der Waals surface area contributed by atoms with Crippen molar-refractivity contribution in [1.82, 2.24) is 9.88 Å². The fourth-order valence-corrected chi connectivity index (χ4v) is 3.09. The Morgan fingerprint density at radius 1 is 1.13 bits per heavy atom. The number of furan rings is 1. The van der Waals surface area contributed by atoms with Crippen LogP contribution in [-0.2, 0) is 9.53 Å². The van der Waals surface area contributed by atoms with Gasteiger partial charge in [0.25, 0.3) is 5.91 Å². The lowest BCUT2D eigenvalue weighted by atomic mass is 10.1. The maximum Gasteiger partial charge on any atom is 0.325 e. The van der Waals surface area contributed by atoms with E-state index in [4.69, 9.17) is 9.15 Å². The van der Waals surface area contributed by atoms with Crippen LogP contribution in [0.25, 0.3) is 5.69 Å². The first kappa shape index (κ1) is 21.0. The Balaban J connectivity index is 1.62. The van der Waals surface area contributed by atoms with Gasteiger partial charge >= 0.3 is 5.97 Å². The molecule has 0 aliphatic carbocycles. The number of rotatable bonds is 7. The fourth-order valence-electron chi connectivity index (χ4n) is 3.09. The number of carbonyl (C=O) groups excluding carboxylic acids is 3. The smallest absolute Gasteiger partial charge is 0.325 e. The summed E-state index contributed by atoms with van der Waals surface area (Å²) in [6.45, 7) is 4.35. The molecule has 30 heavy (non-hydrogen) atoms. The second-order valence-corrected chi connectivity index (χ2v) is 6.80. The van der Waals surface area contributed by atoms with Crippen molar-refractivity contribution in [3.63, 3.8) is 0 Å². The maximum atomic E-state index is 13.9. The lowest BCUT2D eigenvalue weighted by Gasteiger charge is -2.11. The molecule has 0 unspecified atom stereocenters. The van der Waals surface area contributed by atoms with Crippen molar-refractivity contribution < 1.29 is 27.9 Å². The van der Waals surface area contributed by atoms with Crippen LogP contribution >= 0.6 is 0 Å². The molecule has 0 aliphatic rings. The summed E-state index contributed by atoms with van der Waals surface area (Å²) in [4.78, 5) is 36.1. The van der Waals surface area contributed by atoms with Gasteiger partial charge in [-0.25, -0.2) is 4.39 Å². The van der Waals surface area contributed by atoms with E-state index in [0.717, 1.165) is 5.69 Å². The number of hydrogen-bond donors (Lipinski definition) is 1. The second kappa shape index (κ2) is 8.77. The van der Waals surface area contributed by atoms with E-state index in [1.165, 1.54) is 18.4 Å². The number of nitrogens with zero attached hydrogens (tertiary/aromatic N) is 1. The number of Topliss-reactive ketones (excluding diaryl/α,β-unsaturated/α-hetero) is 1.